The topological polar surface area (TPSA) is 118 Å². The number of hydrogen-bond acceptors (Lipinski definition) is 5. The van der Waals surface area contributed by atoms with Gasteiger partial charge in [-0.2, -0.15) is 0 Å². The summed E-state index contributed by atoms with van der Waals surface area (Å²) in [5, 5.41) is 53.1. The molecule has 0 aromatic carbocycles. The molecular weight excluding hydrogens is 384 g/mol. The molecule has 0 amide bonds. The van der Waals surface area contributed by atoms with Crippen LogP contribution in [0.2, 0.25) is 0 Å². The minimum Gasteiger partial charge on any atom is -0.481 e. The van der Waals surface area contributed by atoms with Crippen molar-refractivity contribution in [2.45, 2.75) is 96.6 Å². The van der Waals surface area contributed by atoms with Gasteiger partial charge in [0.25, 0.3) is 0 Å². The molecule has 4 fully saturated rings. The third kappa shape index (κ3) is 3.16. The summed E-state index contributed by atoms with van der Waals surface area (Å²) in [5.41, 5.74) is -0.547. The van der Waals surface area contributed by atoms with Gasteiger partial charge in [0.1, 0.15) is 0 Å². The Kier molecular flexibility index (Phi) is 5.79. The lowest BCUT2D eigenvalue weighted by atomic mass is 9.42. The van der Waals surface area contributed by atoms with E-state index in [4.69, 9.17) is 5.11 Å². The Hall–Kier alpha value is -0.690. The van der Waals surface area contributed by atoms with Crippen LogP contribution >= 0.6 is 0 Å². The van der Waals surface area contributed by atoms with Crippen LogP contribution in [0, 0.1) is 46.3 Å². The highest BCUT2D eigenvalue weighted by atomic mass is 16.4. The van der Waals surface area contributed by atoms with Gasteiger partial charge in [-0.3, -0.25) is 4.79 Å². The molecule has 4 rings (SSSR count). The number of aliphatic hydroxyl groups excluding tert-OH is 4. The van der Waals surface area contributed by atoms with Crippen molar-refractivity contribution < 1.29 is 30.3 Å². The predicted octanol–water partition coefficient (Wildman–Crippen LogP) is 2.42. The number of rotatable bonds is 4. The third-order valence-electron chi connectivity index (χ3n) is 10.4. The highest BCUT2D eigenvalue weighted by Crippen LogP contribution is 2.68. The maximum atomic E-state index is 11.5. The van der Waals surface area contributed by atoms with Crippen LogP contribution < -0.4 is 0 Å². The van der Waals surface area contributed by atoms with E-state index in [2.05, 4.69) is 20.8 Å². The number of hydrogen-bond donors (Lipinski definition) is 5. The number of aliphatic hydroxyl groups is 4. The molecule has 0 heterocycles. The molecule has 4 aliphatic carbocycles. The summed E-state index contributed by atoms with van der Waals surface area (Å²) in [4.78, 5) is 11.1. The van der Waals surface area contributed by atoms with E-state index in [-0.39, 0.29) is 52.8 Å². The zero-order valence-electron chi connectivity index (χ0n) is 18.6. The number of carboxylic acid groups (broad SMARTS) is 1. The fourth-order valence-electron chi connectivity index (χ4n) is 8.72. The average Bonchev–Trinajstić information content (AvgIpc) is 3.05. The van der Waals surface area contributed by atoms with Crippen LogP contribution in [-0.4, -0.2) is 55.9 Å². The lowest BCUT2D eigenvalue weighted by Crippen LogP contribution is -2.66. The maximum absolute atomic E-state index is 11.5. The van der Waals surface area contributed by atoms with E-state index in [1.165, 1.54) is 0 Å². The van der Waals surface area contributed by atoms with Crippen molar-refractivity contribution in [2.24, 2.45) is 46.3 Å². The fraction of sp³-hybridized carbons (Fsp3) is 0.958. The van der Waals surface area contributed by atoms with Crippen LogP contribution in [-0.2, 0) is 4.79 Å². The van der Waals surface area contributed by atoms with Gasteiger partial charge in [-0.1, -0.05) is 20.8 Å². The summed E-state index contributed by atoms with van der Waals surface area (Å²) < 4.78 is 0. The summed E-state index contributed by atoms with van der Waals surface area (Å²) in [6.45, 7) is 6.45. The Balaban J connectivity index is 1.64. The quantitative estimate of drug-likeness (QED) is 0.473. The van der Waals surface area contributed by atoms with E-state index < -0.39 is 30.4 Å². The summed E-state index contributed by atoms with van der Waals surface area (Å²) in [5.74, 6) is -0.299. The first-order valence-corrected chi connectivity index (χ1v) is 12.0. The Bertz CT molecular complexity index is 668. The van der Waals surface area contributed by atoms with Gasteiger partial charge in [-0.05, 0) is 91.3 Å². The smallest absolute Gasteiger partial charge is 0.303 e. The van der Waals surface area contributed by atoms with Gasteiger partial charge in [0.2, 0.25) is 0 Å². The molecule has 0 bridgehead atoms. The Morgan fingerprint density at radius 3 is 2.33 bits per heavy atom. The van der Waals surface area contributed by atoms with Crippen LogP contribution in [0.3, 0.4) is 0 Å². The van der Waals surface area contributed by atoms with Crippen molar-refractivity contribution in [2.75, 3.05) is 0 Å². The number of aliphatic carboxylic acids is 1. The maximum Gasteiger partial charge on any atom is 0.303 e. The van der Waals surface area contributed by atoms with E-state index in [9.17, 15) is 25.2 Å². The van der Waals surface area contributed by atoms with Crippen molar-refractivity contribution in [3.05, 3.63) is 0 Å². The molecule has 0 spiro atoms. The first kappa shape index (κ1) is 22.5. The van der Waals surface area contributed by atoms with Crippen molar-refractivity contribution in [1.29, 1.82) is 0 Å². The first-order chi connectivity index (χ1) is 14.0. The largest absolute Gasteiger partial charge is 0.481 e. The molecule has 0 radical (unpaired) electrons. The lowest BCUT2D eigenvalue weighted by molar-refractivity contribution is -0.243. The van der Waals surface area contributed by atoms with Gasteiger partial charge in [0, 0.05) is 6.42 Å². The second-order valence-electron chi connectivity index (χ2n) is 11.5. The SMILES string of the molecule is C[C@H](CCC(=O)O)[C@H]1CC[C@H]2[C@@H]3[C@H](O)[C@H](O)[C@@H]4C[C@@H](O)CC[C@]4(C)[C@H]3C[C@H](O)[C@]12C. The predicted molar refractivity (Wildman–Crippen MR) is 111 cm³/mol. The van der Waals surface area contributed by atoms with E-state index >= 15 is 0 Å². The van der Waals surface area contributed by atoms with Crippen molar-refractivity contribution in [3.8, 4) is 0 Å². The Labute approximate surface area is 179 Å². The molecule has 6 nitrogen and oxygen atoms in total. The highest BCUT2D eigenvalue weighted by molar-refractivity contribution is 5.66. The van der Waals surface area contributed by atoms with E-state index in [1.54, 1.807) is 0 Å². The van der Waals surface area contributed by atoms with Gasteiger partial charge in [0.05, 0.1) is 24.4 Å². The monoisotopic (exact) mass is 424 g/mol. The molecule has 4 saturated carbocycles. The van der Waals surface area contributed by atoms with E-state index in [1.807, 2.05) is 0 Å². The normalized spacial score (nSPS) is 54.0. The number of carboxylic acids is 1. The minimum atomic E-state index is -0.839. The number of fused-ring (bicyclic) bond motifs is 5. The van der Waals surface area contributed by atoms with Gasteiger partial charge in [-0.15, -0.1) is 0 Å². The van der Waals surface area contributed by atoms with E-state index in [0.29, 0.717) is 25.7 Å². The second-order valence-corrected chi connectivity index (χ2v) is 11.5. The van der Waals surface area contributed by atoms with Gasteiger partial charge < -0.3 is 25.5 Å². The number of carbonyl (C=O) groups is 1. The van der Waals surface area contributed by atoms with Crippen molar-refractivity contribution in [3.63, 3.8) is 0 Å². The van der Waals surface area contributed by atoms with Crippen molar-refractivity contribution >= 4 is 5.97 Å². The summed E-state index contributed by atoms with van der Waals surface area (Å²) in [6.07, 6.45) is 2.67. The zero-order chi connectivity index (χ0) is 22.0. The molecule has 0 aliphatic heterocycles. The molecule has 4 aliphatic rings. The molecular formula is C24H40O6. The molecule has 6 heteroatoms. The molecule has 5 N–H and O–H groups in total. The molecule has 0 unspecified atom stereocenters. The average molecular weight is 425 g/mol. The minimum absolute atomic E-state index is 0.0541. The standard InChI is InChI=1S/C24H40O6/c1-12(4-7-19(27)28)14-5-6-15-20-16(11-18(26)24(14,15)3)23(2)9-8-13(25)10-17(23)21(29)22(20)30/h12-18,20-22,25-26,29-30H,4-11H2,1-3H3,(H,27,28)/t12-,13+,14-,15+,16+,17+,18+,20+,21-,22+,23-,24-/m1/s1. The van der Waals surface area contributed by atoms with Gasteiger partial charge in [0.15, 0.2) is 0 Å². The molecule has 0 aromatic heterocycles. The molecule has 172 valence electrons. The first-order valence-electron chi connectivity index (χ1n) is 12.0. The molecule has 0 aromatic rings. The fourth-order valence-corrected chi connectivity index (χ4v) is 8.72. The lowest BCUT2D eigenvalue weighted by Gasteiger charge is -2.64. The third-order valence-corrected chi connectivity index (χ3v) is 10.4. The molecule has 30 heavy (non-hydrogen) atoms. The molecule has 0 saturated heterocycles. The summed E-state index contributed by atoms with van der Waals surface area (Å²) >= 11 is 0. The van der Waals surface area contributed by atoms with Crippen LogP contribution in [0.15, 0.2) is 0 Å². The van der Waals surface area contributed by atoms with Crippen LogP contribution in [0.25, 0.3) is 0 Å². The summed E-state index contributed by atoms with van der Waals surface area (Å²) in [7, 11) is 0. The van der Waals surface area contributed by atoms with Crippen LogP contribution in [0.5, 0.6) is 0 Å². The van der Waals surface area contributed by atoms with Gasteiger partial charge in [-0.25, -0.2) is 0 Å². The van der Waals surface area contributed by atoms with Crippen molar-refractivity contribution in [1.82, 2.24) is 0 Å². The van der Waals surface area contributed by atoms with Gasteiger partial charge >= 0.3 is 5.97 Å². The van der Waals surface area contributed by atoms with E-state index in [0.717, 1.165) is 19.3 Å². The van der Waals surface area contributed by atoms with Crippen LogP contribution in [0.1, 0.15) is 72.1 Å². The highest BCUT2D eigenvalue weighted by Gasteiger charge is 2.67. The Morgan fingerprint density at radius 1 is 0.967 bits per heavy atom. The second kappa shape index (κ2) is 7.72. The van der Waals surface area contributed by atoms with Crippen LogP contribution in [0.4, 0.5) is 0 Å². The molecule has 12 atom stereocenters. The zero-order valence-corrected chi connectivity index (χ0v) is 18.6. The Morgan fingerprint density at radius 2 is 1.67 bits per heavy atom. The summed E-state index contributed by atoms with van der Waals surface area (Å²) in [6, 6.07) is 0.